The van der Waals surface area contributed by atoms with Crippen LogP contribution in [-0.4, -0.2) is 17.6 Å². The number of rotatable bonds is 1. The minimum absolute atomic E-state index is 0.341. The average Bonchev–Trinajstić information content (AvgIpc) is 2.30. The molecule has 3 heteroatoms. The molecule has 0 saturated heterocycles. The number of hydrogen-bond donors (Lipinski definition) is 0. The molecule has 0 aromatic carbocycles. The largest absolute Gasteiger partial charge is 0.449 e. The van der Waals surface area contributed by atoms with Crippen LogP contribution in [0.2, 0.25) is 0 Å². The minimum Gasteiger partial charge on any atom is -0.449 e. The van der Waals surface area contributed by atoms with E-state index in [0.717, 1.165) is 11.1 Å². The van der Waals surface area contributed by atoms with Gasteiger partial charge >= 0.3 is 6.09 Å². The van der Waals surface area contributed by atoms with Crippen LogP contribution >= 0.6 is 0 Å². The van der Waals surface area contributed by atoms with Crippen LogP contribution in [0.5, 0.6) is 0 Å². The van der Waals surface area contributed by atoms with Crippen LogP contribution in [0.4, 0.5) is 4.79 Å². The van der Waals surface area contributed by atoms with Crippen molar-refractivity contribution in [1.82, 2.24) is 4.90 Å². The zero-order valence-corrected chi connectivity index (χ0v) is 8.78. The lowest BCUT2D eigenvalue weighted by molar-refractivity contribution is 0.133. The van der Waals surface area contributed by atoms with Crippen molar-refractivity contribution in [2.24, 2.45) is 0 Å². The highest BCUT2D eigenvalue weighted by molar-refractivity contribution is 5.70. The molecule has 0 aliphatic carbocycles. The topological polar surface area (TPSA) is 29.5 Å². The molecule has 0 spiro atoms. The Morgan fingerprint density at radius 3 is 2.79 bits per heavy atom. The van der Waals surface area contributed by atoms with E-state index in [0.29, 0.717) is 6.61 Å². The molecule has 0 aromatic heterocycles. The van der Waals surface area contributed by atoms with E-state index in [4.69, 9.17) is 4.74 Å². The molecule has 0 fully saturated rings. The van der Waals surface area contributed by atoms with Gasteiger partial charge in [-0.25, -0.2) is 4.79 Å². The zero-order valence-electron chi connectivity index (χ0n) is 8.78. The van der Waals surface area contributed by atoms with Gasteiger partial charge in [-0.2, -0.15) is 0 Å². The molecule has 0 saturated carbocycles. The second-order valence-corrected chi connectivity index (χ2v) is 3.11. The summed E-state index contributed by atoms with van der Waals surface area (Å²) in [6.07, 6.45) is 6.92. The first-order valence-corrected chi connectivity index (χ1v) is 4.64. The second-order valence-electron chi connectivity index (χ2n) is 3.11. The van der Waals surface area contributed by atoms with Crippen LogP contribution in [0.25, 0.3) is 0 Å². The smallest absolute Gasteiger partial charge is 0.417 e. The van der Waals surface area contributed by atoms with Crippen molar-refractivity contribution in [3.8, 4) is 0 Å². The van der Waals surface area contributed by atoms with Crippen molar-refractivity contribution in [1.29, 1.82) is 0 Å². The Labute approximate surface area is 84.3 Å². The SMILES string of the molecule is CCOC(=O)N1C=CC=C(C)C(C)=C1. The predicted molar refractivity (Wildman–Crippen MR) is 55.5 cm³/mol. The van der Waals surface area contributed by atoms with E-state index in [-0.39, 0.29) is 6.09 Å². The van der Waals surface area contributed by atoms with E-state index in [1.807, 2.05) is 26.0 Å². The maximum atomic E-state index is 11.4. The van der Waals surface area contributed by atoms with Gasteiger partial charge in [0.05, 0.1) is 6.61 Å². The number of carbonyl (C=O) groups is 1. The predicted octanol–water partition coefficient (Wildman–Crippen LogP) is 2.82. The van der Waals surface area contributed by atoms with Crippen molar-refractivity contribution in [3.05, 3.63) is 35.7 Å². The third kappa shape index (κ3) is 2.49. The number of carbonyl (C=O) groups excluding carboxylic acids is 1. The lowest BCUT2D eigenvalue weighted by Gasteiger charge is -2.12. The molecule has 1 aliphatic rings. The fourth-order valence-corrected chi connectivity index (χ4v) is 1.08. The maximum Gasteiger partial charge on any atom is 0.417 e. The number of nitrogens with zero attached hydrogens (tertiary/aromatic N) is 1. The van der Waals surface area contributed by atoms with Crippen LogP contribution < -0.4 is 0 Å². The highest BCUT2D eigenvalue weighted by Crippen LogP contribution is 2.14. The van der Waals surface area contributed by atoms with Crippen LogP contribution in [0.15, 0.2) is 35.7 Å². The molecule has 1 heterocycles. The van der Waals surface area contributed by atoms with Gasteiger partial charge < -0.3 is 4.74 Å². The molecule has 76 valence electrons. The van der Waals surface area contributed by atoms with Crippen molar-refractivity contribution >= 4 is 6.09 Å². The summed E-state index contributed by atoms with van der Waals surface area (Å²) in [5.41, 5.74) is 2.20. The maximum absolute atomic E-state index is 11.4. The standard InChI is InChI=1S/C11H15NO2/c1-4-14-11(13)12-7-5-6-9(2)10(3)8-12/h5-8H,4H2,1-3H3. The van der Waals surface area contributed by atoms with E-state index < -0.39 is 0 Å². The summed E-state index contributed by atoms with van der Waals surface area (Å²) < 4.78 is 4.89. The Balaban J connectivity index is 2.79. The number of hydrogen-bond acceptors (Lipinski definition) is 2. The Bertz CT molecular complexity index is 313. The highest BCUT2D eigenvalue weighted by Gasteiger charge is 2.10. The quantitative estimate of drug-likeness (QED) is 0.640. The molecule has 3 nitrogen and oxygen atoms in total. The van der Waals surface area contributed by atoms with E-state index in [1.165, 1.54) is 4.90 Å². The molecule has 14 heavy (non-hydrogen) atoms. The van der Waals surface area contributed by atoms with Gasteiger partial charge in [-0.05, 0) is 38.0 Å². The molecule has 0 bridgehead atoms. The number of allylic oxidation sites excluding steroid dienone is 4. The van der Waals surface area contributed by atoms with Gasteiger partial charge in [0.2, 0.25) is 0 Å². The fourth-order valence-electron chi connectivity index (χ4n) is 1.08. The first-order chi connectivity index (χ1) is 6.65. The van der Waals surface area contributed by atoms with Crippen molar-refractivity contribution < 1.29 is 9.53 Å². The van der Waals surface area contributed by atoms with Gasteiger partial charge in [0.1, 0.15) is 0 Å². The van der Waals surface area contributed by atoms with Crippen molar-refractivity contribution in [3.63, 3.8) is 0 Å². The molecule has 1 amide bonds. The molecule has 1 rings (SSSR count). The minimum atomic E-state index is -0.341. The number of ether oxygens (including phenoxy) is 1. The third-order valence-electron chi connectivity index (χ3n) is 2.03. The first-order valence-electron chi connectivity index (χ1n) is 4.64. The van der Waals surface area contributed by atoms with E-state index in [2.05, 4.69) is 0 Å². The third-order valence-corrected chi connectivity index (χ3v) is 2.03. The summed E-state index contributed by atoms with van der Waals surface area (Å²) in [7, 11) is 0. The fraction of sp³-hybridized carbons (Fsp3) is 0.364. The van der Waals surface area contributed by atoms with Crippen molar-refractivity contribution in [2.45, 2.75) is 20.8 Å². The van der Waals surface area contributed by atoms with Crippen LogP contribution in [0.1, 0.15) is 20.8 Å². The van der Waals surface area contributed by atoms with Gasteiger partial charge in [-0.15, -0.1) is 0 Å². The summed E-state index contributed by atoms with van der Waals surface area (Å²) in [5.74, 6) is 0. The normalized spacial score (nSPS) is 15.8. The van der Waals surface area contributed by atoms with Crippen molar-refractivity contribution in [2.75, 3.05) is 6.61 Å². The highest BCUT2D eigenvalue weighted by atomic mass is 16.5. The Kier molecular flexibility index (Phi) is 3.51. The Hall–Kier alpha value is -1.51. The summed E-state index contributed by atoms with van der Waals surface area (Å²) in [6.45, 7) is 6.15. The zero-order chi connectivity index (χ0) is 10.6. The van der Waals surface area contributed by atoms with Crippen LogP contribution in [-0.2, 0) is 4.74 Å². The first kappa shape index (κ1) is 10.6. The molecular formula is C11H15NO2. The summed E-state index contributed by atoms with van der Waals surface area (Å²) in [6, 6.07) is 0. The van der Waals surface area contributed by atoms with E-state index in [1.54, 1.807) is 19.3 Å². The second kappa shape index (κ2) is 4.65. The molecule has 1 aliphatic heterocycles. The Morgan fingerprint density at radius 2 is 2.14 bits per heavy atom. The molecular weight excluding hydrogens is 178 g/mol. The van der Waals surface area contributed by atoms with Crippen LogP contribution in [0.3, 0.4) is 0 Å². The van der Waals surface area contributed by atoms with E-state index in [9.17, 15) is 4.79 Å². The molecule has 0 N–H and O–H groups in total. The Morgan fingerprint density at radius 1 is 1.43 bits per heavy atom. The van der Waals surface area contributed by atoms with Gasteiger partial charge in [-0.3, -0.25) is 4.90 Å². The van der Waals surface area contributed by atoms with E-state index >= 15 is 0 Å². The molecule has 0 unspecified atom stereocenters. The van der Waals surface area contributed by atoms with Crippen LogP contribution in [0, 0.1) is 0 Å². The average molecular weight is 193 g/mol. The summed E-state index contributed by atoms with van der Waals surface area (Å²) >= 11 is 0. The molecule has 0 atom stereocenters. The summed E-state index contributed by atoms with van der Waals surface area (Å²) in [4.78, 5) is 12.8. The molecule has 0 radical (unpaired) electrons. The van der Waals surface area contributed by atoms with Gasteiger partial charge in [0, 0.05) is 12.4 Å². The summed E-state index contributed by atoms with van der Waals surface area (Å²) in [5, 5.41) is 0. The lowest BCUT2D eigenvalue weighted by atomic mass is 10.1. The lowest BCUT2D eigenvalue weighted by Crippen LogP contribution is -2.21. The van der Waals surface area contributed by atoms with Gasteiger partial charge in [0.25, 0.3) is 0 Å². The monoisotopic (exact) mass is 193 g/mol. The van der Waals surface area contributed by atoms with Gasteiger partial charge in [0.15, 0.2) is 0 Å². The van der Waals surface area contributed by atoms with Gasteiger partial charge in [-0.1, -0.05) is 6.08 Å². The molecule has 0 aromatic rings. The number of amides is 1.